The molecule has 0 radical (unpaired) electrons. The van der Waals surface area contributed by atoms with Gasteiger partial charge in [-0.05, 0) is 35.4 Å². The molecule has 1 saturated heterocycles. The Kier molecular flexibility index (Phi) is 9.34. The summed E-state index contributed by atoms with van der Waals surface area (Å²) in [4.78, 5) is 44.2. The summed E-state index contributed by atoms with van der Waals surface area (Å²) in [5, 5.41) is 15.4. The van der Waals surface area contributed by atoms with Gasteiger partial charge in [-0.1, -0.05) is 48.5 Å². The lowest BCUT2D eigenvalue weighted by Crippen LogP contribution is -2.53. The predicted molar refractivity (Wildman–Crippen MR) is 164 cm³/mol. The van der Waals surface area contributed by atoms with Crippen molar-refractivity contribution in [1.82, 2.24) is 20.4 Å². The highest BCUT2D eigenvalue weighted by atomic mass is 16.5. The number of benzene rings is 3. The van der Waals surface area contributed by atoms with Gasteiger partial charge in [0.1, 0.15) is 17.5 Å². The molecule has 2 N–H and O–H groups in total. The van der Waals surface area contributed by atoms with Crippen LogP contribution in [0.5, 0.6) is 11.5 Å². The molecule has 228 valence electrons. The van der Waals surface area contributed by atoms with Gasteiger partial charge in [-0.3, -0.25) is 9.59 Å². The van der Waals surface area contributed by atoms with E-state index in [2.05, 4.69) is 16.7 Å². The number of nitriles is 1. The van der Waals surface area contributed by atoms with Crippen LogP contribution in [0, 0.1) is 17.2 Å². The number of nitrogens with one attached hydrogen (secondary N) is 2. The number of likely N-dealkylation sites (tertiary alicyclic amines) is 1. The van der Waals surface area contributed by atoms with Crippen LogP contribution in [0.1, 0.15) is 40.6 Å². The van der Waals surface area contributed by atoms with E-state index >= 15 is 0 Å². The molecule has 3 aromatic carbocycles. The molecular formula is C34H37N5O5. The van der Waals surface area contributed by atoms with Crippen molar-refractivity contribution in [2.24, 2.45) is 5.92 Å². The summed E-state index contributed by atoms with van der Waals surface area (Å²) in [5.41, 5.74) is 2.92. The van der Waals surface area contributed by atoms with Crippen molar-refractivity contribution in [3.8, 4) is 17.6 Å². The quantitative estimate of drug-likeness (QED) is 0.410. The maximum atomic E-state index is 14.3. The van der Waals surface area contributed by atoms with E-state index < -0.39 is 18.0 Å². The van der Waals surface area contributed by atoms with Gasteiger partial charge in [0.2, 0.25) is 11.8 Å². The van der Waals surface area contributed by atoms with Crippen LogP contribution < -0.4 is 20.1 Å². The zero-order valence-corrected chi connectivity index (χ0v) is 25.2. The molecular weight excluding hydrogens is 558 g/mol. The molecule has 0 unspecified atom stereocenters. The fourth-order valence-corrected chi connectivity index (χ4v) is 6.19. The Labute approximate surface area is 257 Å². The van der Waals surface area contributed by atoms with Gasteiger partial charge in [-0.15, -0.1) is 0 Å². The number of amides is 4. The number of rotatable bonds is 8. The van der Waals surface area contributed by atoms with Gasteiger partial charge in [0.05, 0.1) is 37.3 Å². The highest BCUT2D eigenvalue weighted by Crippen LogP contribution is 2.36. The number of urea groups is 1. The van der Waals surface area contributed by atoms with Crippen LogP contribution in [0.4, 0.5) is 4.79 Å². The summed E-state index contributed by atoms with van der Waals surface area (Å²) < 4.78 is 11.1. The Hall–Kier alpha value is -5.04. The maximum Gasteiger partial charge on any atom is 0.318 e. The third-order valence-corrected chi connectivity index (χ3v) is 8.63. The average Bonchev–Trinajstić information content (AvgIpc) is 3.52. The van der Waals surface area contributed by atoms with Gasteiger partial charge >= 0.3 is 6.03 Å². The first-order chi connectivity index (χ1) is 21.3. The minimum atomic E-state index is -0.963. The molecule has 0 aromatic heterocycles. The lowest BCUT2D eigenvalue weighted by atomic mass is 9.88. The topological polar surface area (TPSA) is 124 Å². The molecule has 0 bridgehead atoms. The monoisotopic (exact) mass is 595 g/mol. The van der Waals surface area contributed by atoms with E-state index in [1.807, 2.05) is 54.6 Å². The van der Waals surface area contributed by atoms with Crippen molar-refractivity contribution in [1.29, 1.82) is 5.26 Å². The normalized spacial score (nSPS) is 19.5. The van der Waals surface area contributed by atoms with E-state index in [-0.39, 0.29) is 36.7 Å². The molecule has 5 rings (SSSR count). The number of carbonyl (C=O) groups excluding carboxylic acids is 3. The molecule has 0 saturated carbocycles. The van der Waals surface area contributed by atoms with Crippen molar-refractivity contribution in [2.75, 3.05) is 40.9 Å². The molecule has 2 aliphatic rings. The minimum absolute atomic E-state index is 0.126. The number of ether oxygens (including phenoxy) is 2. The highest BCUT2D eigenvalue weighted by molar-refractivity contribution is 5.89. The summed E-state index contributed by atoms with van der Waals surface area (Å²) in [6.07, 6.45) is 0.737. The Balaban J connectivity index is 1.41. The SMILES string of the molecule is CNC(=O)[C@@H]1CN(C(=O)[C@H](Cc2ccccc2C#N)NC(=O)N(C)[C@H]2CCOc3ccccc32)C[C@H]1c1ccc(OC)cc1. The lowest BCUT2D eigenvalue weighted by Gasteiger charge is -2.34. The molecule has 4 atom stereocenters. The first-order valence-electron chi connectivity index (χ1n) is 14.7. The van der Waals surface area contributed by atoms with Crippen LogP contribution in [-0.2, 0) is 16.0 Å². The lowest BCUT2D eigenvalue weighted by molar-refractivity contribution is -0.132. The number of hydrogen-bond acceptors (Lipinski definition) is 6. The van der Waals surface area contributed by atoms with Crippen LogP contribution in [0.2, 0.25) is 0 Å². The standard InChI is InChI=1S/C34H37N5O5/c1-36-32(40)28-21-39(20-27(28)22-12-14-25(43-3)15-13-22)33(41)29(18-23-8-4-5-9-24(23)19-35)37-34(42)38(2)30-16-17-44-31-11-7-6-10-26(30)31/h4-15,27-30H,16-18,20-21H2,1-3H3,(H,36,40)(H,37,42)/t27-,28+,29-,30-/m0/s1. The number of hydrogen-bond donors (Lipinski definition) is 2. The van der Waals surface area contributed by atoms with Crippen molar-refractivity contribution < 1.29 is 23.9 Å². The van der Waals surface area contributed by atoms with E-state index in [0.717, 1.165) is 16.9 Å². The van der Waals surface area contributed by atoms with Crippen molar-refractivity contribution in [3.63, 3.8) is 0 Å². The smallest absolute Gasteiger partial charge is 0.318 e. The third-order valence-electron chi connectivity index (χ3n) is 8.63. The number of methoxy groups -OCH3 is 1. The second-order valence-electron chi connectivity index (χ2n) is 11.1. The molecule has 10 nitrogen and oxygen atoms in total. The van der Waals surface area contributed by atoms with Gasteiger partial charge in [0.15, 0.2) is 0 Å². The number of nitrogens with zero attached hydrogens (tertiary/aromatic N) is 3. The van der Waals surface area contributed by atoms with Crippen LogP contribution in [0.25, 0.3) is 0 Å². The highest BCUT2D eigenvalue weighted by Gasteiger charge is 2.42. The zero-order valence-electron chi connectivity index (χ0n) is 25.2. The van der Waals surface area contributed by atoms with E-state index in [4.69, 9.17) is 9.47 Å². The molecule has 1 fully saturated rings. The molecule has 3 aromatic rings. The number of carbonyl (C=O) groups is 3. The van der Waals surface area contributed by atoms with Gasteiger partial charge in [0.25, 0.3) is 0 Å². The van der Waals surface area contributed by atoms with E-state index in [1.54, 1.807) is 49.2 Å². The molecule has 2 aliphatic heterocycles. The van der Waals surface area contributed by atoms with Crippen molar-refractivity contribution >= 4 is 17.8 Å². The Morgan fingerprint density at radius 1 is 1.07 bits per heavy atom. The second kappa shape index (κ2) is 13.5. The maximum absolute atomic E-state index is 14.3. The zero-order chi connectivity index (χ0) is 31.2. The summed E-state index contributed by atoms with van der Waals surface area (Å²) in [5.74, 6) is 0.258. The molecule has 44 heavy (non-hydrogen) atoms. The largest absolute Gasteiger partial charge is 0.497 e. The van der Waals surface area contributed by atoms with Gasteiger partial charge in [-0.2, -0.15) is 5.26 Å². The van der Waals surface area contributed by atoms with Crippen LogP contribution in [0.15, 0.2) is 72.8 Å². The summed E-state index contributed by atoms with van der Waals surface area (Å²) in [7, 11) is 4.89. The minimum Gasteiger partial charge on any atom is -0.497 e. The van der Waals surface area contributed by atoms with E-state index in [9.17, 15) is 19.6 Å². The Bertz CT molecular complexity index is 1550. The molecule has 0 aliphatic carbocycles. The van der Waals surface area contributed by atoms with Crippen LogP contribution in [-0.4, -0.2) is 74.6 Å². The molecule has 2 heterocycles. The second-order valence-corrected chi connectivity index (χ2v) is 11.1. The first kappa shape index (κ1) is 30.4. The summed E-state index contributed by atoms with van der Waals surface area (Å²) in [6.45, 7) is 0.974. The summed E-state index contributed by atoms with van der Waals surface area (Å²) in [6, 6.07) is 22.8. The van der Waals surface area contributed by atoms with Crippen LogP contribution in [0.3, 0.4) is 0 Å². The molecule has 0 spiro atoms. The van der Waals surface area contributed by atoms with Gasteiger partial charge < -0.3 is 29.9 Å². The Morgan fingerprint density at radius 2 is 1.80 bits per heavy atom. The van der Waals surface area contributed by atoms with Gasteiger partial charge in [-0.25, -0.2) is 4.79 Å². The summed E-state index contributed by atoms with van der Waals surface area (Å²) >= 11 is 0. The Morgan fingerprint density at radius 3 is 2.52 bits per heavy atom. The van der Waals surface area contributed by atoms with Crippen molar-refractivity contribution in [3.05, 3.63) is 95.1 Å². The fraction of sp³-hybridized carbons (Fsp3) is 0.353. The third kappa shape index (κ3) is 6.32. The molecule has 10 heteroatoms. The molecule has 4 amide bonds. The van der Waals surface area contributed by atoms with Crippen LogP contribution >= 0.6 is 0 Å². The van der Waals surface area contributed by atoms with E-state index in [1.165, 1.54) is 0 Å². The fourth-order valence-electron chi connectivity index (χ4n) is 6.19. The van der Waals surface area contributed by atoms with Crippen molar-refractivity contribution in [2.45, 2.75) is 30.8 Å². The predicted octanol–water partition coefficient (Wildman–Crippen LogP) is 3.63. The number of fused-ring (bicyclic) bond motifs is 1. The average molecular weight is 596 g/mol. The van der Waals surface area contributed by atoms with E-state index in [0.29, 0.717) is 36.4 Å². The van der Waals surface area contributed by atoms with Gasteiger partial charge in [0, 0.05) is 51.5 Å². The number of para-hydroxylation sites is 1. The first-order valence-corrected chi connectivity index (χ1v) is 14.7.